The number of fused-ring (bicyclic) bond motifs is 1. The van der Waals surface area contributed by atoms with Gasteiger partial charge in [0.25, 0.3) is 0 Å². The van der Waals surface area contributed by atoms with Crippen LogP contribution in [0.5, 0.6) is 0 Å². The normalized spacial score (nSPS) is 24.7. The number of carbonyl (C=O) groups is 1. The fourth-order valence-electron chi connectivity index (χ4n) is 4.39. The predicted molar refractivity (Wildman–Crippen MR) is 104 cm³/mol. The van der Waals surface area contributed by atoms with Crippen LogP contribution in [0.1, 0.15) is 24.8 Å². The van der Waals surface area contributed by atoms with Crippen LogP contribution in [0.4, 0.5) is 0 Å². The van der Waals surface area contributed by atoms with E-state index < -0.39 is 0 Å². The second-order valence-corrected chi connectivity index (χ2v) is 7.50. The van der Waals surface area contributed by atoms with Crippen LogP contribution in [0.25, 0.3) is 16.5 Å². The number of aliphatic hydroxyl groups is 1. The number of aromatic amines is 1. The quantitative estimate of drug-likeness (QED) is 0.891. The Labute approximate surface area is 154 Å². The van der Waals surface area contributed by atoms with E-state index in [1.54, 1.807) is 0 Å². The summed E-state index contributed by atoms with van der Waals surface area (Å²) in [7, 11) is 2.00. The SMILES string of the molecule is CN1CC(C(=O)N2CCCCC2)C=C(c2cccc3cc[nH]c23)[C@H]1CO. The molecule has 2 aliphatic rings. The van der Waals surface area contributed by atoms with Crippen LogP contribution >= 0.6 is 0 Å². The number of hydrogen-bond donors (Lipinski definition) is 2. The summed E-state index contributed by atoms with van der Waals surface area (Å²) < 4.78 is 0. The molecule has 26 heavy (non-hydrogen) atoms. The number of rotatable bonds is 3. The van der Waals surface area contributed by atoms with Crippen molar-refractivity contribution >= 4 is 22.4 Å². The summed E-state index contributed by atoms with van der Waals surface area (Å²) in [5, 5.41) is 11.1. The number of aromatic nitrogens is 1. The summed E-state index contributed by atoms with van der Waals surface area (Å²) in [6.45, 7) is 2.45. The highest BCUT2D eigenvalue weighted by Gasteiger charge is 2.34. The summed E-state index contributed by atoms with van der Waals surface area (Å²) in [6, 6.07) is 8.16. The Kier molecular flexibility index (Phi) is 4.83. The molecule has 2 atom stereocenters. The van der Waals surface area contributed by atoms with Gasteiger partial charge in [-0.15, -0.1) is 0 Å². The monoisotopic (exact) mass is 353 g/mol. The van der Waals surface area contributed by atoms with Gasteiger partial charge in [-0.25, -0.2) is 0 Å². The molecule has 0 spiro atoms. The topological polar surface area (TPSA) is 59.6 Å². The zero-order valence-corrected chi connectivity index (χ0v) is 15.3. The molecule has 4 rings (SSSR count). The van der Waals surface area contributed by atoms with Crippen molar-refractivity contribution in [3.8, 4) is 0 Å². The highest BCUT2D eigenvalue weighted by atomic mass is 16.3. The van der Waals surface area contributed by atoms with E-state index in [2.05, 4.69) is 34.2 Å². The van der Waals surface area contributed by atoms with Crippen LogP contribution in [0, 0.1) is 5.92 Å². The van der Waals surface area contributed by atoms with Crippen LogP contribution in [-0.2, 0) is 4.79 Å². The Bertz CT molecular complexity index is 820. The van der Waals surface area contributed by atoms with Crippen molar-refractivity contribution in [1.82, 2.24) is 14.8 Å². The van der Waals surface area contributed by atoms with E-state index in [1.165, 1.54) is 6.42 Å². The van der Waals surface area contributed by atoms with E-state index in [-0.39, 0.29) is 24.5 Å². The molecule has 1 amide bonds. The average molecular weight is 353 g/mol. The van der Waals surface area contributed by atoms with Crippen LogP contribution < -0.4 is 0 Å². The van der Waals surface area contributed by atoms with Crippen molar-refractivity contribution in [2.24, 2.45) is 5.92 Å². The summed E-state index contributed by atoms with van der Waals surface area (Å²) in [5.74, 6) is 0.0743. The maximum Gasteiger partial charge on any atom is 0.230 e. The van der Waals surface area contributed by atoms with E-state index in [0.717, 1.165) is 48.0 Å². The lowest BCUT2D eigenvalue weighted by molar-refractivity contribution is -0.135. The van der Waals surface area contributed by atoms with E-state index >= 15 is 0 Å². The Morgan fingerprint density at radius 1 is 1.23 bits per heavy atom. The molecule has 5 heteroatoms. The second kappa shape index (κ2) is 7.25. The third-order valence-corrected chi connectivity index (χ3v) is 5.81. The largest absolute Gasteiger partial charge is 0.394 e. The number of aliphatic hydroxyl groups excluding tert-OH is 1. The Hall–Kier alpha value is -2.11. The molecule has 1 fully saturated rings. The molecule has 0 saturated carbocycles. The number of nitrogens with one attached hydrogen (secondary N) is 1. The number of piperidine rings is 1. The van der Waals surface area contributed by atoms with Crippen molar-refractivity contribution in [3.63, 3.8) is 0 Å². The minimum atomic E-state index is -0.152. The van der Waals surface area contributed by atoms with Crippen molar-refractivity contribution in [2.75, 3.05) is 33.3 Å². The van der Waals surface area contributed by atoms with Crippen molar-refractivity contribution in [2.45, 2.75) is 25.3 Å². The minimum absolute atomic E-state index is 0.0457. The van der Waals surface area contributed by atoms with E-state index in [0.29, 0.717) is 6.54 Å². The van der Waals surface area contributed by atoms with Crippen molar-refractivity contribution in [3.05, 3.63) is 42.1 Å². The molecule has 1 aromatic carbocycles. The molecule has 5 nitrogen and oxygen atoms in total. The summed E-state index contributed by atoms with van der Waals surface area (Å²) >= 11 is 0. The number of amides is 1. The van der Waals surface area contributed by atoms with Gasteiger partial charge in [-0.1, -0.05) is 24.3 Å². The molecular weight excluding hydrogens is 326 g/mol. The first-order valence-electron chi connectivity index (χ1n) is 9.57. The molecule has 1 aromatic heterocycles. The highest BCUT2D eigenvalue weighted by Crippen LogP contribution is 2.33. The van der Waals surface area contributed by atoms with Gasteiger partial charge in [-0.2, -0.15) is 0 Å². The number of likely N-dealkylation sites (N-methyl/N-ethyl adjacent to an activating group) is 1. The molecular formula is C21H27N3O2. The lowest BCUT2D eigenvalue weighted by atomic mass is 9.87. The fraction of sp³-hybridized carbons (Fsp3) is 0.476. The summed E-state index contributed by atoms with van der Waals surface area (Å²) in [5.41, 5.74) is 3.19. The van der Waals surface area contributed by atoms with Gasteiger partial charge in [0.1, 0.15) is 0 Å². The molecule has 1 unspecified atom stereocenters. The molecule has 3 heterocycles. The maximum absolute atomic E-state index is 13.1. The summed E-state index contributed by atoms with van der Waals surface area (Å²) in [6.07, 6.45) is 7.47. The van der Waals surface area contributed by atoms with E-state index in [1.807, 2.05) is 24.2 Å². The number of H-pyrrole nitrogens is 1. The Morgan fingerprint density at radius 3 is 2.81 bits per heavy atom. The smallest absolute Gasteiger partial charge is 0.230 e. The number of carbonyl (C=O) groups excluding carboxylic acids is 1. The van der Waals surface area contributed by atoms with Gasteiger partial charge in [0.2, 0.25) is 5.91 Å². The second-order valence-electron chi connectivity index (χ2n) is 7.50. The van der Waals surface area contributed by atoms with Gasteiger partial charge in [0.05, 0.1) is 24.1 Å². The summed E-state index contributed by atoms with van der Waals surface area (Å²) in [4.78, 5) is 20.5. The third-order valence-electron chi connectivity index (χ3n) is 5.81. The van der Waals surface area contributed by atoms with Crippen LogP contribution in [0.2, 0.25) is 0 Å². The number of para-hydroxylation sites is 1. The van der Waals surface area contributed by atoms with Crippen LogP contribution in [-0.4, -0.2) is 65.1 Å². The maximum atomic E-state index is 13.1. The number of nitrogens with zero attached hydrogens (tertiary/aromatic N) is 2. The molecule has 0 bridgehead atoms. The van der Waals surface area contributed by atoms with Gasteiger partial charge in [-0.3, -0.25) is 9.69 Å². The zero-order chi connectivity index (χ0) is 18.1. The molecule has 2 N–H and O–H groups in total. The zero-order valence-electron chi connectivity index (χ0n) is 15.3. The first-order valence-corrected chi connectivity index (χ1v) is 9.57. The Morgan fingerprint density at radius 2 is 2.04 bits per heavy atom. The van der Waals surface area contributed by atoms with Crippen molar-refractivity contribution < 1.29 is 9.90 Å². The van der Waals surface area contributed by atoms with Gasteiger partial charge in [0, 0.05) is 31.4 Å². The van der Waals surface area contributed by atoms with Crippen LogP contribution in [0.3, 0.4) is 0 Å². The molecule has 2 aliphatic heterocycles. The lowest BCUT2D eigenvalue weighted by Crippen LogP contribution is -2.48. The highest BCUT2D eigenvalue weighted by molar-refractivity contribution is 5.94. The Balaban J connectivity index is 1.72. The molecule has 138 valence electrons. The number of hydrogen-bond acceptors (Lipinski definition) is 3. The van der Waals surface area contributed by atoms with Gasteiger partial charge in [-0.05, 0) is 43.3 Å². The molecule has 0 radical (unpaired) electrons. The lowest BCUT2D eigenvalue weighted by Gasteiger charge is -2.38. The van der Waals surface area contributed by atoms with Gasteiger partial charge in [0.15, 0.2) is 0 Å². The van der Waals surface area contributed by atoms with Gasteiger partial charge < -0.3 is 15.0 Å². The molecule has 1 saturated heterocycles. The predicted octanol–water partition coefficient (Wildman–Crippen LogP) is 2.49. The molecule has 2 aromatic rings. The van der Waals surface area contributed by atoms with Crippen molar-refractivity contribution in [1.29, 1.82) is 0 Å². The van der Waals surface area contributed by atoms with Gasteiger partial charge >= 0.3 is 0 Å². The standard InChI is InChI=1S/C21H27N3O2/c1-23-13-16(21(26)24-10-3-2-4-11-24)12-18(19(23)14-25)17-7-5-6-15-8-9-22-20(15)17/h5-9,12,16,19,22,25H,2-4,10-11,13-14H2,1H3/t16?,19-/m1/s1. The third kappa shape index (κ3) is 3.06. The number of benzene rings is 1. The van der Waals surface area contributed by atoms with E-state index in [4.69, 9.17) is 0 Å². The van der Waals surface area contributed by atoms with Crippen LogP contribution in [0.15, 0.2) is 36.5 Å². The average Bonchev–Trinajstić information content (AvgIpc) is 3.16. The minimum Gasteiger partial charge on any atom is -0.394 e. The fourth-order valence-corrected chi connectivity index (χ4v) is 4.39. The van der Waals surface area contributed by atoms with E-state index in [9.17, 15) is 9.90 Å². The first-order chi connectivity index (χ1) is 12.7. The first kappa shape index (κ1) is 17.3. The number of likely N-dealkylation sites (tertiary alicyclic amines) is 1. The molecule has 0 aliphatic carbocycles.